The number of anilines is 1. The summed E-state index contributed by atoms with van der Waals surface area (Å²) in [6.07, 6.45) is -7.17. The zero-order valence-electron chi connectivity index (χ0n) is 26.4. The van der Waals surface area contributed by atoms with E-state index in [1.165, 1.54) is 10.9 Å². The monoisotopic (exact) mass is 503 g/mol. The van der Waals surface area contributed by atoms with Crippen molar-refractivity contribution in [3.05, 3.63) is 66.9 Å². The van der Waals surface area contributed by atoms with E-state index in [2.05, 4.69) is 4.98 Å². The van der Waals surface area contributed by atoms with Crippen LogP contribution in [0.25, 0.3) is 22.5 Å². The largest absolute Gasteiger partial charge is 0.372 e. The smallest absolute Gasteiger partial charge is 0.259 e. The van der Waals surface area contributed by atoms with E-state index in [9.17, 15) is 13.2 Å². The molecule has 9 heteroatoms. The van der Waals surface area contributed by atoms with Crippen molar-refractivity contribution in [2.24, 2.45) is 0 Å². The number of rotatable bonds is 12. The van der Waals surface area contributed by atoms with Gasteiger partial charge in [0.05, 0.1) is 23.8 Å². The van der Waals surface area contributed by atoms with E-state index in [-0.39, 0.29) is 6.04 Å². The lowest BCUT2D eigenvalue weighted by Gasteiger charge is -2.28. The van der Waals surface area contributed by atoms with Crippen molar-refractivity contribution in [1.82, 2.24) is 14.7 Å². The van der Waals surface area contributed by atoms with Gasteiger partial charge in [0.15, 0.2) is 0 Å². The summed E-state index contributed by atoms with van der Waals surface area (Å²) in [7, 11) is -4.96. The van der Waals surface area contributed by atoms with E-state index in [1.807, 2.05) is 60.7 Å². The molecule has 1 N–H and O–H groups in total. The highest BCUT2D eigenvalue weighted by Crippen LogP contribution is 2.30. The maximum Gasteiger partial charge on any atom is 0.259 e. The number of carbonyl (C=O) groups excluding carboxylic acids is 1. The Bertz CT molecular complexity index is 1470. The maximum absolute atomic E-state index is 11.9. The van der Waals surface area contributed by atoms with Gasteiger partial charge >= 0.3 is 0 Å². The summed E-state index contributed by atoms with van der Waals surface area (Å²) in [6.45, 7) is 1.22. The lowest BCUT2D eigenvalue weighted by atomic mass is 10.0. The van der Waals surface area contributed by atoms with E-state index < -0.39 is 54.6 Å². The number of aromatic nitrogens is 2. The van der Waals surface area contributed by atoms with Gasteiger partial charge in [-0.1, -0.05) is 60.7 Å². The Morgan fingerprint density at radius 2 is 1.69 bits per heavy atom. The summed E-state index contributed by atoms with van der Waals surface area (Å²) < 4.78 is 84.2. The van der Waals surface area contributed by atoms with Crippen molar-refractivity contribution in [2.45, 2.75) is 32.6 Å². The van der Waals surface area contributed by atoms with Crippen molar-refractivity contribution < 1.29 is 27.5 Å². The minimum Gasteiger partial charge on any atom is -0.372 e. The van der Waals surface area contributed by atoms with Gasteiger partial charge in [0.2, 0.25) is 10.0 Å². The molecule has 1 aromatic heterocycles. The van der Waals surface area contributed by atoms with Gasteiger partial charge in [-0.2, -0.15) is 0 Å². The number of ether oxygens (including phenoxy) is 1. The van der Waals surface area contributed by atoms with Crippen LogP contribution < -0.4 is 9.62 Å². The second kappa shape index (κ2) is 12.4. The SMILES string of the molecule is [2H]C([2H])(COCC(=O)NS(=O)(=O)C([2H])([2H])[2H])C([2H])([2H])CN(c1cnc(-c2ccccc2)c(-c2ccccc2)n1)C(C)C. The standard InChI is InChI=1S/C26H32N4O4S/c1-20(2)30(16-10-11-17-34-19-24(31)29-35(3,32)33)23-18-27-25(21-12-6-4-7-13-21)26(28-23)22-14-8-5-9-15-22/h4-9,12-15,18,20H,10-11,16-17,19H2,1-3H3,(H,29,31)/i3D3,10D2,11D2. The molecule has 2 aromatic carbocycles. The van der Waals surface area contributed by atoms with Gasteiger partial charge < -0.3 is 9.64 Å². The minimum absolute atomic E-state index is 0.318. The highest BCUT2D eigenvalue weighted by molar-refractivity contribution is 7.89. The van der Waals surface area contributed by atoms with Crippen molar-refractivity contribution in [3.8, 4) is 22.5 Å². The number of nitrogens with one attached hydrogen (secondary N) is 1. The molecule has 0 aliphatic carbocycles. The van der Waals surface area contributed by atoms with Crippen LogP contribution in [0.1, 0.15) is 36.2 Å². The van der Waals surface area contributed by atoms with Crippen LogP contribution in [0.5, 0.6) is 0 Å². The molecule has 0 aliphatic rings. The van der Waals surface area contributed by atoms with Crippen molar-refractivity contribution in [3.63, 3.8) is 0 Å². The van der Waals surface area contributed by atoms with E-state index in [1.54, 1.807) is 18.7 Å². The Morgan fingerprint density at radius 1 is 1.06 bits per heavy atom. The molecule has 3 rings (SSSR count). The van der Waals surface area contributed by atoms with Gasteiger partial charge in [0.1, 0.15) is 12.4 Å². The van der Waals surface area contributed by atoms with Crippen LogP contribution in [0.2, 0.25) is 0 Å². The van der Waals surface area contributed by atoms with Gasteiger partial charge in [-0.3, -0.25) is 14.5 Å². The summed E-state index contributed by atoms with van der Waals surface area (Å²) in [5.74, 6) is -1.01. The number of carbonyl (C=O) groups is 1. The van der Waals surface area contributed by atoms with Crippen molar-refractivity contribution in [2.75, 3.05) is 30.8 Å². The molecule has 35 heavy (non-hydrogen) atoms. The topological polar surface area (TPSA) is 101 Å². The molecular formula is C26H32N4O4S. The zero-order valence-corrected chi connectivity index (χ0v) is 20.2. The molecule has 0 fully saturated rings. The third-order valence-corrected chi connectivity index (χ3v) is 5.30. The Balaban J connectivity index is 1.83. The molecule has 3 aromatic rings. The predicted octanol–water partition coefficient (Wildman–Crippen LogP) is 3.90. The van der Waals surface area contributed by atoms with Crippen LogP contribution in [0, 0.1) is 0 Å². The molecule has 1 heterocycles. The molecular weight excluding hydrogens is 464 g/mol. The molecule has 1 amide bonds. The highest BCUT2D eigenvalue weighted by Gasteiger charge is 2.17. The number of hydrogen-bond donors (Lipinski definition) is 1. The van der Waals surface area contributed by atoms with Crippen molar-refractivity contribution >= 4 is 21.7 Å². The van der Waals surface area contributed by atoms with Crippen LogP contribution in [-0.2, 0) is 19.6 Å². The van der Waals surface area contributed by atoms with Crippen LogP contribution in [0.15, 0.2) is 66.9 Å². The molecule has 0 atom stereocenters. The van der Waals surface area contributed by atoms with E-state index >= 15 is 0 Å². The van der Waals surface area contributed by atoms with Crippen LogP contribution >= 0.6 is 0 Å². The minimum atomic E-state index is -4.96. The summed E-state index contributed by atoms with van der Waals surface area (Å²) in [6, 6.07) is 18.5. The highest BCUT2D eigenvalue weighted by atomic mass is 32.2. The van der Waals surface area contributed by atoms with Gasteiger partial charge in [0.25, 0.3) is 5.91 Å². The van der Waals surface area contributed by atoms with E-state index in [4.69, 9.17) is 19.3 Å². The van der Waals surface area contributed by atoms with Gasteiger partial charge in [-0.05, 0) is 26.6 Å². The summed E-state index contributed by atoms with van der Waals surface area (Å²) in [5, 5.41) is 0. The Hall–Kier alpha value is -3.30. The lowest BCUT2D eigenvalue weighted by Crippen LogP contribution is -2.33. The van der Waals surface area contributed by atoms with Gasteiger partial charge in [-0.15, -0.1) is 0 Å². The molecule has 0 bridgehead atoms. The number of hydrogen-bond acceptors (Lipinski definition) is 7. The third kappa shape index (κ3) is 8.15. The molecule has 0 unspecified atom stereocenters. The summed E-state index contributed by atoms with van der Waals surface area (Å²) in [5.41, 5.74) is 2.82. The summed E-state index contributed by atoms with van der Waals surface area (Å²) in [4.78, 5) is 22.9. The van der Waals surface area contributed by atoms with E-state index in [0.717, 1.165) is 11.1 Å². The fraction of sp³-hybridized carbons (Fsp3) is 0.346. The predicted molar refractivity (Wildman–Crippen MR) is 138 cm³/mol. The molecule has 0 radical (unpaired) electrons. The molecule has 0 saturated carbocycles. The van der Waals surface area contributed by atoms with Crippen LogP contribution in [0.4, 0.5) is 5.82 Å². The molecule has 0 spiro atoms. The van der Waals surface area contributed by atoms with Crippen LogP contribution in [-0.4, -0.2) is 56.3 Å². The Kier molecular flexibility index (Phi) is 6.40. The van der Waals surface area contributed by atoms with E-state index in [0.29, 0.717) is 17.2 Å². The Labute approximate surface area is 217 Å². The molecule has 8 nitrogen and oxygen atoms in total. The Morgan fingerprint density at radius 3 is 2.29 bits per heavy atom. The third-order valence-electron chi connectivity index (χ3n) is 4.80. The van der Waals surface area contributed by atoms with Crippen LogP contribution in [0.3, 0.4) is 0 Å². The number of nitrogens with zero attached hydrogens (tertiary/aromatic N) is 3. The second-order valence-corrected chi connectivity index (χ2v) is 8.97. The normalized spacial score (nSPS) is 15.6. The first kappa shape index (κ1) is 18.0. The average molecular weight is 504 g/mol. The maximum atomic E-state index is 11.9. The lowest BCUT2D eigenvalue weighted by molar-refractivity contribution is -0.123. The van der Waals surface area contributed by atoms with Gasteiger partial charge in [0, 0.05) is 39.9 Å². The number of benzene rings is 2. The first-order valence-corrected chi connectivity index (χ1v) is 12.3. The quantitative estimate of drug-likeness (QED) is 0.400. The first-order chi connectivity index (χ1) is 19.5. The number of sulfonamides is 1. The second-order valence-electron chi connectivity index (χ2n) is 7.75. The molecule has 0 aliphatic heterocycles. The average Bonchev–Trinajstić information content (AvgIpc) is 2.91. The van der Waals surface area contributed by atoms with Gasteiger partial charge in [-0.25, -0.2) is 13.4 Å². The fourth-order valence-electron chi connectivity index (χ4n) is 3.22. The molecule has 0 saturated heterocycles. The number of amides is 1. The van der Waals surface area contributed by atoms with Crippen molar-refractivity contribution in [1.29, 1.82) is 0 Å². The first-order valence-electron chi connectivity index (χ1n) is 14.3. The zero-order chi connectivity index (χ0) is 31.3. The fourth-order valence-corrected chi connectivity index (χ4v) is 3.58. The summed E-state index contributed by atoms with van der Waals surface area (Å²) >= 11 is 0. The molecule has 186 valence electrons.